The minimum Gasteiger partial charge on any atom is -0.454 e. The number of amides is 2. The zero-order valence-electron chi connectivity index (χ0n) is 37.9. The van der Waals surface area contributed by atoms with Gasteiger partial charge in [-0.15, -0.1) is 0 Å². The summed E-state index contributed by atoms with van der Waals surface area (Å²) in [4.78, 5) is 33.8. The Morgan fingerprint density at radius 2 is 0.914 bits per heavy atom. The van der Waals surface area contributed by atoms with Gasteiger partial charge in [0.25, 0.3) is 11.8 Å². The van der Waals surface area contributed by atoms with Crippen molar-refractivity contribution in [1.29, 1.82) is 0 Å². The molecule has 1 unspecified atom stereocenters. The third kappa shape index (κ3) is 8.06. The third-order valence-corrected chi connectivity index (χ3v) is 11.2. The lowest BCUT2D eigenvalue weighted by Gasteiger charge is -2.27. The lowest BCUT2D eigenvalue weighted by molar-refractivity contribution is -0.150. The number of nitrogens with zero attached hydrogens (tertiary/aromatic N) is 2. The molecule has 2 aromatic heterocycles. The molecular weight excluding hydrogens is 729 g/mol. The van der Waals surface area contributed by atoms with E-state index >= 15 is 9.59 Å². The van der Waals surface area contributed by atoms with Crippen molar-refractivity contribution < 1.29 is 32.6 Å². The first-order chi connectivity index (χ1) is 26.9. The Labute approximate surface area is 345 Å². The van der Waals surface area contributed by atoms with Crippen molar-refractivity contribution in [3.05, 3.63) is 81.3 Å². The predicted octanol–water partition coefficient (Wildman–Crippen LogP) is 11.0. The van der Waals surface area contributed by atoms with E-state index in [9.17, 15) is 0 Å². The molecule has 2 amide bonds. The number of benzene rings is 2. The minimum absolute atomic E-state index is 0.0540. The van der Waals surface area contributed by atoms with E-state index in [0.29, 0.717) is 42.7 Å². The number of hydrogen-bond acceptors (Lipinski definition) is 7. The van der Waals surface area contributed by atoms with Crippen LogP contribution in [-0.4, -0.2) is 66.9 Å². The fraction of sp³-hybridized carbons (Fsp3) is 0.551. The molecule has 0 bridgehead atoms. The second-order valence-electron chi connectivity index (χ2n) is 20.0. The van der Waals surface area contributed by atoms with Crippen LogP contribution >= 0.6 is 0 Å². The first-order valence-electron chi connectivity index (χ1n) is 21.1. The smallest absolute Gasteiger partial charge is 0.261 e. The van der Waals surface area contributed by atoms with Gasteiger partial charge in [0.15, 0.2) is 17.8 Å². The van der Waals surface area contributed by atoms with Gasteiger partial charge in [-0.2, -0.15) is 0 Å². The lowest BCUT2D eigenvalue weighted by Crippen LogP contribution is -2.38. The molecule has 4 aromatic rings. The Balaban J connectivity index is 1.69. The maximum Gasteiger partial charge on any atom is 0.261 e. The lowest BCUT2D eigenvalue weighted by atomic mass is 9.80. The highest BCUT2D eigenvalue weighted by atomic mass is 16.7. The van der Waals surface area contributed by atoms with Crippen molar-refractivity contribution >= 4 is 45.1 Å². The molecule has 0 fully saturated rings. The van der Waals surface area contributed by atoms with E-state index in [2.05, 4.69) is 107 Å². The second kappa shape index (κ2) is 15.4. The maximum absolute atomic E-state index is 15.3. The van der Waals surface area contributed by atoms with Crippen LogP contribution in [0.4, 0.5) is 0 Å². The molecule has 1 atom stereocenters. The molecule has 0 saturated carbocycles. The monoisotopic (exact) mass is 794 g/mol. The molecule has 9 heteroatoms. The molecule has 9 nitrogen and oxygen atoms in total. The summed E-state index contributed by atoms with van der Waals surface area (Å²) in [5, 5.41) is 1.82. The van der Waals surface area contributed by atoms with Crippen molar-refractivity contribution in [2.45, 2.75) is 145 Å². The van der Waals surface area contributed by atoms with Gasteiger partial charge in [-0.1, -0.05) is 95.2 Å². The molecule has 0 aliphatic carbocycles. The van der Waals surface area contributed by atoms with Crippen LogP contribution in [0.1, 0.15) is 145 Å². The van der Waals surface area contributed by atoms with Crippen LogP contribution in [0.25, 0.3) is 33.3 Å². The topological polar surface area (TPSA) is 94.6 Å². The van der Waals surface area contributed by atoms with E-state index in [1.165, 1.54) is 11.1 Å². The van der Waals surface area contributed by atoms with Gasteiger partial charge in [0.1, 0.15) is 22.6 Å². The van der Waals surface area contributed by atoms with Gasteiger partial charge < -0.3 is 27.9 Å². The largest absolute Gasteiger partial charge is 0.454 e. The van der Waals surface area contributed by atoms with Crippen LogP contribution < -0.4 is 0 Å². The summed E-state index contributed by atoms with van der Waals surface area (Å²) in [5.41, 5.74) is 6.57. The summed E-state index contributed by atoms with van der Waals surface area (Å²) < 4.78 is 31.8. The minimum atomic E-state index is -0.736. The molecule has 6 rings (SSSR count). The normalized spacial score (nSPS) is 16.4. The third-order valence-electron chi connectivity index (χ3n) is 11.2. The van der Waals surface area contributed by atoms with Gasteiger partial charge in [0.05, 0.1) is 30.3 Å². The van der Waals surface area contributed by atoms with Gasteiger partial charge in [-0.25, -0.2) is 0 Å². The van der Waals surface area contributed by atoms with E-state index in [1.54, 1.807) is 9.80 Å². The molecule has 4 heterocycles. The van der Waals surface area contributed by atoms with Crippen LogP contribution in [0.5, 0.6) is 0 Å². The highest BCUT2D eigenvalue weighted by Crippen LogP contribution is 2.50. The van der Waals surface area contributed by atoms with Crippen LogP contribution in [0.2, 0.25) is 0 Å². The number of ether oxygens (including phenoxy) is 3. The molecule has 314 valence electrons. The first-order valence-corrected chi connectivity index (χ1v) is 21.1. The maximum atomic E-state index is 15.3. The van der Waals surface area contributed by atoms with Gasteiger partial charge in [0.2, 0.25) is 0 Å². The Bertz CT molecular complexity index is 2280. The first kappa shape index (κ1) is 43.4. The standard InChI is InChI=1S/C49H66N2O7/c1-17-54-28(4)26-50-40(35-22-29-20-31(46(5,6)7)24-33(42(29)57-35)48(11,12)13)38-39(44(50)52)41(51(45(38)53)27-37(55-18-2)56-19-3)36-23-30-21-32(47(8,9)10)25-34(43(30)58-36)49(14,15)16/h20-25,28,37H,17-19,26-27H2,1-16H3. The van der Waals surface area contributed by atoms with Crippen molar-refractivity contribution in [3.63, 3.8) is 0 Å². The second-order valence-corrected chi connectivity index (χ2v) is 20.0. The average molecular weight is 795 g/mol. The Hall–Kier alpha value is -4.18. The van der Waals surface area contributed by atoms with Crippen molar-refractivity contribution in [2.75, 3.05) is 32.9 Å². The van der Waals surface area contributed by atoms with E-state index < -0.39 is 6.29 Å². The van der Waals surface area contributed by atoms with Crippen LogP contribution in [0, 0.1) is 0 Å². The van der Waals surface area contributed by atoms with Gasteiger partial charge in [0, 0.05) is 41.7 Å². The summed E-state index contributed by atoms with van der Waals surface area (Å²) in [7, 11) is 0. The Kier molecular flexibility index (Phi) is 11.6. The average Bonchev–Trinajstić information content (AvgIpc) is 3.84. The van der Waals surface area contributed by atoms with Gasteiger partial charge >= 0.3 is 0 Å². The summed E-state index contributed by atoms with van der Waals surface area (Å²) in [6.45, 7) is 35.4. The number of hydrogen-bond donors (Lipinski definition) is 0. The molecule has 58 heavy (non-hydrogen) atoms. The SMILES string of the molecule is CCOC(C)CN1C(=O)C2=C(c3cc4cc(C(C)(C)C)cc(C(C)(C)C)c4o3)N(CC(OCC)OCC)C(=O)C2=C1c1cc2cc(C(C)(C)C)cc(C(C)(C)C)c2o1. The molecule has 2 aliphatic rings. The Morgan fingerprint density at radius 1 is 0.534 bits per heavy atom. The van der Waals surface area contributed by atoms with E-state index in [1.807, 2.05) is 39.8 Å². The molecule has 2 aromatic carbocycles. The number of carbonyl (C=O) groups excluding carboxylic acids is 2. The molecule has 0 radical (unpaired) electrons. The zero-order chi connectivity index (χ0) is 42.9. The van der Waals surface area contributed by atoms with Crippen molar-refractivity contribution in [2.24, 2.45) is 0 Å². The number of carbonyl (C=O) groups is 2. The molecule has 0 spiro atoms. The highest BCUT2D eigenvalue weighted by Gasteiger charge is 2.51. The molecular formula is C49H66N2O7. The zero-order valence-corrected chi connectivity index (χ0v) is 37.9. The van der Waals surface area contributed by atoms with Gasteiger partial charge in [-0.3, -0.25) is 14.5 Å². The summed E-state index contributed by atoms with van der Waals surface area (Å²) in [6.07, 6.45) is -1.06. The fourth-order valence-electron chi connectivity index (χ4n) is 8.05. The van der Waals surface area contributed by atoms with E-state index in [-0.39, 0.29) is 63.8 Å². The summed E-state index contributed by atoms with van der Waals surface area (Å²) in [5.74, 6) is 0.218. The van der Waals surface area contributed by atoms with Crippen LogP contribution in [0.15, 0.2) is 56.4 Å². The van der Waals surface area contributed by atoms with Crippen LogP contribution in [-0.2, 0) is 45.5 Å². The summed E-state index contributed by atoms with van der Waals surface area (Å²) in [6, 6.07) is 12.7. The number of rotatable bonds is 12. The number of fused-ring (bicyclic) bond motifs is 3. The van der Waals surface area contributed by atoms with E-state index in [4.69, 9.17) is 23.0 Å². The Morgan fingerprint density at radius 3 is 1.26 bits per heavy atom. The molecule has 0 N–H and O–H groups in total. The van der Waals surface area contributed by atoms with E-state index in [0.717, 1.165) is 33.1 Å². The van der Waals surface area contributed by atoms with Crippen molar-refractivity contribution in [1.82, 2.24) is 9.80 Å². The predicted molar refractivity (Wildman–Crippen MR) is 233 cm³/mol. The van der Waals surface area contributed by atoms with Crippen LogP contribution in [0.3, 0.4) is 0 Å². The quantitative estimate of drug-likeness (QED) is 0.132. The molecule has 0 saturated heterocycles. The highest BCUT2D eigenvalue weighted by molar-refractivity contribution is 6.30. The van der Waals surface area contributed by atoms with Gasteiger partial charge in [-0.05, 0) is 84.7 Å². The fourth-order valence-corrected chi connectivity index (χ4v) is 8.05. The van der Waals surface area contributed by atoms with Crippen molar-refractivity contribution in [3.8, 4) is 0 Å². The molecule has 2 aliphatic heterocycles. The summed E-state index contributed by atoms with van der Waals surface area (Å²) >= 11 is 0. The number of furan rings is 2.